The lowest BCUT2D eigenvalue weighted by Crippen LogP contribution is -2.48. The van der Waals surface area contributed by atoms with Gasteiger partial charge in [-0.2, -0.15) is 0 Å². The minimum atomic E-state index is -0.296. The Morgan fingerprint density at radius 3 is 2.59 bits per heavy atom. The third-order valence-electron chi connectivity index (χ3n) is 7.03. The molecule has 6 heteroatoms. The summed E-state index contributed by atoms with van der Waals surface area (Å²) in [5, 5.41) is 15.2. The van der Waals surface area contributed by atoms with Crippen LogP contribution < -0.4 is 10.6 Å². The van der Waals surface area contributed by atoms with Gasteiger partial charge in [-0.25, -0.2) is 0 Å². The Hall–Kier alpha value is -2.86. The number of aromatic hydroxyl groups is 1. The number of amides is 2. The van der Waals surface area contributed by atoms with Crippen molar-refractivity contribution in [2.75, 3.05) is 33.2 Å². The highest BCUT2D eigenvalue weighted by atomic mass is 16.3. The molecule has 1 heterocycles. The van der Waals surface area contributed by atoms with E-state index in [9.17, 15) is 14.7 Å². The van der Waals surface area contributed by atoms with Crippen LogP contribution >= 0.6 is 0 Å². The number of nitrogens with one attached hydrogen (secondary N) is 2. The molecule has 3 rings (SSSR count). The van der Waals surface area contributed by atoms with Crippen LogP contribution in [-0.2, 0) is 15.0 Å². The van der Waals surface area contributed by atoms with E-state index in [1.54, 1.807) is 13.1 Å². The van der Waals surface area contributed by atoms with Gasteiger partial charge in [-0.3, -0.25) is 9.59 Å². The maximum absolute atomic E-state index is 12.9. The minimum Gasteiger partial charge on any atom is -0.508 e. The van der Waals surface area contributed by atoms with Crippen molar-refractivity contribution in [1.29, 1.82) is 0 Å². The second kappa shape index (κ2) is 10.6. The molecule has 1 fully saturated rings. The average molecular weight is 438 g/mol. The number of likely N-dealkylation sites (N-methyl/N-ethyl adjacent to an activating group) is 1. The number of phenolic OH excluding ortho intramolecular Hbond substituents is 1. The standard InChI is InChI=1S/C26H35N3O3/c1-19-18-29(15-13-26(19,2)21-10-7-11-22(30)16-21)14-12-23(20-8-5-4-6-9-20)25(32)28-17-24(31)27-3/h4-11,16,19,23,30H,12-15,17-18H2,1-3H3,(H,27,31)(H,28,32). The average Bonchev–Trinajstić information content (AvgIpc) is 2.80. The number of piperidine rings is 1. The van der Waals surface area contributed by atoms with E-state index < -0.39 is 0 Å². The Morgan fingerprint density at radius 1 is 1.19 bits per heavy atom. The molecule has 3 N–H and O–H groups in total. The van der Waals surface area contributed by atoms with Crippen molar-refractivity contribution in [2.24, 2.45) is 5.92 Å². The lowest BCUT2D eigenvalue weighted by molar-refractivity contribution is -0.126. The molecule has 3 atom stereocenters. The van der Waals surface area contributed by atoms with Crippen LogP contribution in [0.1, 0.15) is 43.7 Å². The van der Waals surface area contributed by atoms with Gasteiger partial charge in [-0.15, -0.1) is 0 Å². The molecule has 0 radical (unpaired) electrons. The van der Waals surface area contributed by atoms with Crippen LogP contribution in [0.2, 0.25) is 0 Å². The maximum atomic E-state index is 12.9. The Kier molecular flexibility index (Phi) is 7.91. The van der Waals surface area contributed by atoms with E-state index in [0.717, 1.165) is 31.6 Å². The van der Waals surface area contributed by atoms with Crippen LogP contribution in [0.15, 0.2) is 54.6 Å². The van der Waals surface area contributed by atoms with E-state index in [1.807, 2.05) is 42.5 Å². The molecule has 1 aliphatic rings. The number of likely N-dealkylation sites (tertiary alicyclic amines) is 1. The van der Waals surface area contributed by atoms with Crippen LogP contribution in [0.3, 0.4) is 0 Å². The Morgan fingerprint density at radius 2 is 1.94 bits per heavy atom. The van der Waals surface area contributed by atoms with Gasteiger partial charge in [-0.05, 0) is 60.5 Å². The lowest BCUT2D eigenvalue weighted by Gasteiger charge is -2.45. The monoisotopic (exact) mass is 437 g/mol. The van der Waals surface area contributed by atoms with E-state index >= 15 is 0 Å². The second-order valence-corrected chi connectivity index (χ2v) is 9.06. The number of rotatable bonds is 8. The zero-order valence-corrected chi connectivity index (χ0v) is 19.3. The number of phenols is 1. The van der Waals surface area contributed by atoms with E-state index in [-0.39, 0.29) is 29.7 Å². The summed E-state index contributed by atoms with van der Waals surface area (Å²) in [5.74, 6) is 0.105. The molecule has 2 aromatic rings. The predicted octanol–water partition coefficient (Wildman–Crippen LogP) is 3.03. The second-order valence-electron chi connectivity index (χ2n) is 9.06. The minimum absolute atomic E-state index is 0.0122. The number of hydrogen-bond acceptors (Lipinski definition) is 4. The summed E-state index contributed by atoms with van der Waals surface area (Å²) in [6.07, 6.45) is 1.69. The van der Waals surface area contributed by atoms with Crippen LogP contribution in [0, 0.1) is 5.92 Å². The summed E-state index contributed by atoms with van der Waals surface area (Å²) in [4.78, 5) is 26.9. The molecule has 2 aromatic carbocycles. The zero-order valence-electron chi connectivity index (χ0n) is 19.3. The molecule has 0 aromatic heterocycles. The summed E-state index contributed by atoms with van der Waals surface area (Å²) in [7, 11) is 1.56. The van der Waals surface area contributed by atoms with Gasteiger partial charge in [0.25, 0.3) is 0 Å². The molecular weight excluding hydrogens is 402 g/mol. The zero-order chi connectivity index (χ0) is 23.1. The Labute approximate surface area is 191 Å². The van der Waals surface area contributed by atoms with Gasteiger partial charge in [0.05, 0.1) is 12.5 Å². The third kappa shape index (κ3) is 5.68. The van der Waals surface area contributed by atoms with Crippen LogP contribution in [0.4, 0.5) is 0 Å². The normalized spacial score (nSPS) is 22.2. The van der Waals surface area contributed by atoms with Gasteiger partial charge in [-0.1, -0.05) is 56.3 Å². The van der Waals surface area contributed by atoms with E-state index in [1.165, 1.54) is 5.56 Å². The number of benzene rings is 2. The fourth-order valence-corrected chi connectivity index (χ4v) is 4.64. The molecule has 6 nitrogen and oxygen atoms in total. The predicted molar refractivity (Wildman–Crippen MR) is 127 cm³/mol. The first-order valence-corrected chi connectivity index (χ1v) is 11.4. The van der Waals surface area contributed by atoms with Crippen LogP contribution in [0.5, 0.6) is 5.75 Å². The molecule has 2 amide bonds. The highest BCUT2D eigenvalue weighted by Crippen LogP contribution is 2.40. The maximum Gasteiger partial charge on any atom is 0.239 e. The van der Waals surface area contributed by atoms with Gasteiger partial charge < -0.3 is 20.6 Å². The van der Waals surface area contributed by atoms with Crippen molar-refractivity contribution in [3.8, 4) is 5.75 Å². The first kappa shape index (κ1) is 23.8. The highest BCUT2D eigenvalue weighted by molar-refractivity contribution is 5.88. The van der Waals surface area contributed by atoms with Crippen molar-refractivity contribution in [3.05, 3.63) is 65.7 Å². The quantitative estimate of drug-likeness (QED) is 0.593. The van der Waals surface area contributed by atoms with Gasteiger partial charge >= 0.3 is 0 Å². The summed E-state index contributed by atoms with van der Waals surface area (Å²) < 4.78 is 0. The topological polar surface area (TPSA) is 81.7 Å². The van der Waals surface area contributed by atoms with Crippen molar-refractivity contribution in [3.63, 3.8) is 0 Å². The highest BCUT2D eigenvalue weighted by Gasteiger charge is 2.38. The van der Waals surface area contributed by atoms with Gasteiger partial charge in [0.2, 0.25) is 11.8 Å². The van der Waals surface area contributed by atoms with Gasteiger partial charge in [0, 0.05) is 13.6 Å². The molecule has 1 saturated heterocycles. The summed E-state index contributed by atoms with van der Waals surface area (Å²) >= 11 is 0. The summed E-state index contributed by atoms with van der Waals surface area (Å²) in [6.45, 7) is 7.23. The third-order valence-corrected chi connectivity index (χ3v) is 7.03. The SMILES string of the molecule is CNC(=O)CNC(=O)C(CCN1CCC(C)(c2cccc(O)c2)C(C)C1)c1ccccc1. The van der Waals surface area contributed by atoms with E-state index in [0.29, 0.717) is 18.1 Å². The van der Waals surface area contributed by atoms with E-state index in [4.69, 9.17) is 0 Å². The molecule has 3 unspecified atom stereocenters. The fraction of sp³-hybridized carbons (Fsp3) is 0.462. The Bertz CT molecular complexity index is 918. The summed E-state index contributed by atoms with van der Waals surface area (Å²) in [6, 6.07) is 17.4. The molecule has 0 aliphatic carbocycles. The number of nitrogens with zero attached hydrogens (tertiary/aromatic N) is 1. The molecular formula is C26H35N3O3. The largest absolute Gasteiger partial charge is 0.508 e. The molecule has 1 aliphatic heterocycles. The van der Waals surface area contributed by atoms with Crippen molar-refractivity contribution in [1.82, 2.24) is 15.5 Å². The van der Waals surface area contributed by atoms with Gasteiger partial charge in [0.15, 0.2) is 0 Å². The first-order chi connectivity index (χ1) is 15.3. The molecule has 172 valence electrons. The molecule has 0 saturated carbocycles. The Balaban J connectivity index is 1.64. The molecule has 0 spiro atoms. The smallest absolute Gasteiger partial charge is 0.239 e. The summed E-state index contributed by atoms with van der Waals surface area (Å²) in [5.41, 5.74) is 2.16. The van der Waals surface area contributed by atoms with Crippen molar-refractivity contribution in [2.45, 2.75) is 38.0 Å². The van der Waals surface area contributed by atoms with Gasteiger partial charge in [0.1, 0.15) is 5.75 Å². The van der Waals surface area contributed by atoms with Crippen molar-refractivity contribution >= 4 is 11.8 Å². The van der Waals surface area contributed by atoms with Crippen molar-refractivity contribution < 1.29 is 14.7 Å². The number of carbonyl (C=O) groups excluding carboxylic acids is 2. The fourth-order valence-electron chi connectivity index (χ4n) is 4.64. The number of hydrogen-bond donors (Lipinski definition) is 3. The molecule has 32 heavy (non-hydrogen) atoms. The molecule has 0 bridgehead atoms. The first-order valence-electron chi connectivity index (χ1n) is 11.4. The van der Waals surface area contributed by atoms with E-state index in [2.05, 4.69) is 35.4 Å². The number of carbonyl (C=O) groups is 2. The van der Waals surface area contributed by atoms with Crippen LogP contribution in [0.25, 0.3) is 0 Å². The lowest BCUT2D eigenvalue weighted by atomic mass is 9.68. The van der Waals surface area contributed by atoms with Crippen LogP contribution in [-0.4, -0.2) is 55.0 Å².